The number of carbonyl (C=O) groups is 3. The first-order chi connectivity index (χ1) is 19.3. The Morgan fingerprint density at radius 3 is 2.60 bits per heavy atom. The summed E-state index contributed by atoms with van der Waals surface area (Å²) in [5.74, 6) is -0.124. The summed E-state index contributed by atoms with van der Waals surface area (Å²) in [4.78, 5) is 40.7. The lowest BCUT2D eigenvalue weighted by molar-refractivity contribution is -0.136. The monoisotopic (exact) mass is 539 g/mol. The number of piperidine rings is 1. The van der Waals surface area contributed by atoms with Crippen LogP contribution < -0.4 is 10.1 Å². The van der Waals surface area contributed by atoms with Gasteiger partial charge in [0, 0.05) is 38.2 Å². The molecule has 40 heavy (non-hydrogen) atoms. The zero-order valence-electron chi connectivity index (χ0n) is 22.4. The van der Waals surface area contributed by atoms with Gasteiger partial charge >= 0.3 is 0 Å². The molecule has 206 valence electrons. The molecule has 0 aromatic heterocycles. The Bertz CT molecular complexity index is 1530. The van der Waals surface area contributed by atoms with Gasteiger partial charge in [-0.25, -0.2) is 0 Å². The molecule has 4 aliphatic rings. The second-order valence-corrected chi connectivity index (χ2v) is 11.8. The molecule has 1 unspecified atom stereocenters. The minimum absolute atomic E-state index is 0.0626. The fourth-order valence-corrected chi connectivity index (χ4v) is 6.60. The van der Waals surface area contributed by atoms with E-state index >= 15 is 0 Å². The third kappa shape index (κ3) is 4.55. The van der Waals surface area contributed by atoms with E-state index in [-0.39, 0.29) is 24.3 Å². The van der Waals surface area contributed by atoms with Gasteiger partial charge in [0.1, 0.15) is 17.9 Å². The molecule has 3 heterocycles. The number of nitrogens with zero attached hydrogens (tertiary/aromatic N) is 2. The van der Waals surface area contributed by atoms with Gasteiger partial charge in [-0.15, -0.1) is 0 Å². The zero-order chi connectivity index (χ0) is 27.4. The van der Waals surface area contributed by atoms with E-state index in [1.807, 2.05) is 12.1 Å². The molecule has 2 N–H and O–H groups in total. The highest BCUT2D eigenvalue weighted by molar-refractivity contribution is 6.05. The van der Waals surface area contributed by atoms with Crippen LogP contribution in [0.3, 0.4) is 0 Å². The first kappa shape index (κ1) is 25.2. The topological polar surface area (TPSA) is 99.2 Å². The number of benzene rings is 3. The molecule has 7 rings (SSSR count). The number of hydrogen-bond donors (Lipinski definition) is 2. The molecule has 1 saturated carbocycles. The number of carbonyl (C=O) groups excluding carboxylic acids is 3. The molecular weight excluding hydrogens is 506 g/mol. The van der Waals surface area contributed by atoms with Crippen LogP contribution in [0, 0.1) is 0 Å². The maximum absolute atomic E-state index is 13.0. The maximum Gasteiger partial charge on any atom is 0.255 e. The number of fused-ring (bicyclic) bond motifs is 2. The van der Waals surface area contributed by atoms with Crippen LogP contribution in [0.5, 0.6) is 5.75 Å². The van der Waals surface area contributed by atoms with Crippen LogP contribution in [-0.4, -0.2) is 57.9 Å². The molecule has 0 radical (unpaired) electrons. The molecule has 3 aliphatic heterocycles. The molecule has 2 atom stereocenters. The van der Waals surface area contributed by atoms with Crippen molar-refractivity contribution in [2.24, 2.45) is 0 Å². The van der Waals surface area contributed by atoms with E-state index in [2.05, 4.69) is 46.6 Å². The van der Waals surface area contributed by atoms with E-state index in [9.17, 15) is 19.5 Å². The van der Waals surface area contributed by atoms with Crippen LogP contribution in [0.4, 0.5) is 0 Å². The first-order valence-corrected chi connectivity index (χ1v) is 14.3. The molecule has 0 bridgehead atoms. The Morgan fingerprint density at radius 2 is 1.80 bits per heavy atom. The van der Waals surface area contributed by atoms with Crippen molar-refractivity contribution in [3.05, 3.63) is 76.9 Å². The fraction of sp³-hybridized carbons (Fsp3) is 0.406. The van der Waals surface area contributed by atoms with Gasteiger partial charge in [0.2, 0.25) is 11.8 Å². The number of amides is 3. The Morgan fingerprint density at radius 1 is 0.975 bits per heavy atom. The maximum atomic E-state index is 13.0. The quantitative estimate of drug-likeness (QED) is 0.465. The molecule has 3 amide bonds. The molecular formula is C32H33N3O5. The Hall–Kier alpha value is -3.75. The summed E-state index contributed by atoms with van der Waals surface area (Å²) in [5, 5.41) is 15.4. The highest BCUT2D eigenvalue weighted by atomic mass is 16.5. The fourth-order valence-electron chi connectivity index (χ4n) is 6.60. The molecule has 0 spiro atoms. The summed E-state index contributed by atoms with van der Waals surface area (Å²) in [5.41, 5.74) is 3.09. The lowest BCUT2D eigenvalue weighted by Gasteiger charge is -2.37. The third-order valence-corrected chi connectivity index (χ3v) is 9.06. The van der Waals surface area contributed by atoms with Crippen LogP contribution in [0.25, 0.3) is 10.8 Å². The number of hydrogen-bond acceptors (Lipinski definition) is 6. The largest absolute Gasteiger partial charge is 0.489 e. The average molecular weight is 540 g/mol. The Labute approximate surface area is 232 Å². The predicted octanol–water partition coefficient (Wildman–Crippen LogP) is 3.63. The van der Waals surface area contributed by atoms with Crippen molar-refractivity contribution in [2.45, 2.75) is 69.4 Å². The first-order valence-electron chi connectivity index (χ1n) is 14.3. The van der Waals surface area contributed by atoms with Gasteiger partial charge in [0.15, 0.2) is 0 Å². The molecule has 3 fully saturated rings. The lowest BCUT2D eigenvalue weighted by atomic mass is 9.75. The normalized spacial score (nSPS) is 24.2. The molecule has 2 saturated heterocycles. The smallest absolute Gasteiger partial charge is 0.255 e. The van der Waals surface area contributed by atoms with Crippen molar-refractivity contribution >= 4 is 28.5 Å². The lowest BCUT2D eigenvalue weighted by Crippen LogP contribution is -2.52. The standard InChI is InChI=1S/C32H33N3O5/c36-29-9-8-28(30(37)33-29)35-18-23-16-25(6-7-27(23)31(35)38)40-26-10-13-34(19-26)17-20-2-3-22-15-24(5-4-21(22)14-20)32(39)11-1-12-32/h2-7,14-16,26,28,39H,1,8-13,17-19H2,(H,33,36,37)/t26-,28?/m0/s1. The van der Waals surface area contributed by atoms with Gasteiger partial charge in [-0.05, 0) is 89.9 Å². The summed E-state index contributed by atoms with van der Waals surface area (Å²) in [6, 6.07) is 17.8. The molecule has 3 aromatic carbocycles. The summed E-state index contributed by atoms with van der Waals surface area (Å²) < 4.78 is 6.33. The van der Waals surface area contributed by atoms with E-state index in [0.29, 0.717) is 18.5 Å². The van der Waals surface area contributed by atoms with E-state index < -0.39 is 17.6 Å². The van der Waals surface area contributed by atoms with Crippen molar-refractivity contribution < 1.29 is 24.2 Å². The van der Waals surface area contributed by atoms with E-state index in [4.69, 9.17) is 4.74 Å². The molecule has 8 nitrogen and oxygen atoms in total. The van der Waals surface area contributed by atoms with E-state index in [0.717, 1.165) is 67.6 Å². The average Bonchev–Trinajstić information content (AvgIpc) is 3.50. The highest BCUT2D eigenvalue weighted by Gasteiger charge is 2.39. The van der Waals surface area contributed by atoms with Crippen LogP contribution in [0.15, 0.2) is 54.6 Å². The van der Waals surface area contributed by atoms with Gasteiger partial charge in [0.25, 0.3) is 5.91 Å². The number of imide groups is 1. The summed E-state index contributed by atoms with van der Waals surface area (Å²) >= 11 is 0. The van der Waals surface area contributed by atoms with E-state index in [1.54, 1.807) is 11.0 Å². The predicted molar refractivity (Wildman–Crippen MR) is 148 cm³/mol. The molecule has 3 aromatic rings. The summed E-state index contributed by atoms with van der Waals surface area (Å²) in [7, 11) is 0. The van der Waals surface area contributed by atoms with Crippen LogP contribution in [0.2, 0.25) is 0 Å². The second-order valence-electron chi connectivity index (χ2n) is 11.8. The van der Waals surface area contributed by atoms with Gasteiger partial charge in [-0.3, -0.25) is 24.6 Å². The van der Waals surface area contributed by atoms with Crippen molar-refractivity contribution in [3.63, 3.8) is 0 Å². The third-order valence-electron chi connectivity index (χ3n) is 9.06. The minimum atomic E-state index is -0.640. The number of rotatable bonds is 6. The Balaban J connectivity index is 0.971. The highest BCUT2D eigenvalue weighted by Crippen LogP contribution is 2.42. The van der Waals surface area contributed by atoms with Gasteiger partial charge in [-0.1, -0.05) is 24.3 Å². The van der Waals surface area contributed by atoms with Crippen LogP contribution in [0.1, 0.15) is 65.6 Å². The number of aliphatic hydroxyl groups is 1. The summed E-state index contributed by atoms with van der Waals surface area (Å²) in [6.07, 6.45) is 4.36. The zero-order valence-corrected chi connectivity index (χ0v) is 22.4. The number of nitrogens with one attached hydrogen (secondary N) is 1. The van der Waals surface area contributed by atoms with Gasteiger partial charge in [-0.2, -0.15) is 0 Å². The van der Waals surface area contributed by atoms with Crippen LogP contribution >= 0.6 is 0 Å². The van der Waals surface area contributed by atoms with Gasteiger partial charge < -0.3 is 14.7 Å². The van der Waals surface area contributed by atoms with Crippen molar-refractivity contribution in [1.82, 2.24) is 15.1 Å². The molecule has 1 aliphatic carbocycles. The van der Waals surface area contributed by atoms with Gasteiger partial charge in [0.05, 0.1) is 5.60 Å². The second kappa shape index (κ2) is 9.71. The number of likely N-dealkylation sites (tertiary alicyclic amines) is 1. The minimum Gasteiger partial charge on any atom is -0.489 e. The molecule has 8 heteroatoms. The summed E-state index contributed by atoms with van der Waals surface area (Å²) in [6.45, 7) is 2.96. The number of ether oxygens (including phenoxy) is 1. The van der Waals surface area contributed by atoms with Crippen molar-refractivity contribution in [3.8, 4) is 5.75 Å². The SMILES string of the molecule is O=C1CCC(N2Cc3cc(O[C@H]4CCN(Cc5ccc6cc(C7(O)CCC7)ccc6c5)C4)ccc3C2=O)C(=O)N1. The van der Waals surface area contributed by atoms with Crippen molar-refractivity contribution in [2.75, 3.05) is 13.1 Å². The van der Waals surface area contributed by atoms with Crippen molar-refractivity contribution in [1.29, 1.82) is 0 Å². The van der Waals surface area contributed by atoms with E-state index in [1.165, 1.54) is 10.9 Å². The van der Waals surface area contributed by atoms with Crippen LogP contribution in [-0.2, 0) is 28.3 Å². The Kier molecular flexibility index (Phi) is 6.13.